The third kappa shape index (κ3) is 3.94. The first kappa shape index (κ1) is 15.6. The fraction of sp³-hybridized carbons (Fsp3) is 0.529. The molecular formula is C17H24N4O2. The minimum Gasteiger partial charge on any atom is -0.444 e. The van der Waals surface area contributed by atoms with E-state index in [9.17, 15) is 4.79 Å². The number of fused-ring (bicyclic) bond motifs is 1. The van der Waals surface area contributed by atoms with Crippen LogP contribution in [0, 0.1) is 5.92 Å². The molecule has 6 heteroatoms. The van der Waals surface area contributed by atoms with Gasteiger partial charge in [0.25, 0.3) is 0 Å². The van der Waals surface area contributed by atoms with Crippen LogP contribution in [0.4, 0.5) is 10.7 Å². The average Bonchev–Trinajstić information content (AvgIpc) is 3.09. The Kier molecular flexibility index (Phi) is 4.15. The summed E-state index contributed by atoms with van der Waals surface area (Å²) >= 11 is 0. The fourth-order valence-electron chi connectivity index (χ4n) is 2.77. The Labute approximate surface area is 136 Å². The van der Waals surface area contributed by atoms with E-state index in [2.05, 4.69) is 15.3 Å². The predicted molar refractivity (Wildman–Crippen MR) is 90.5 cm³/mol. The monoisotopic (exact) mass is 316 g/mol. The normalized spacial score (nSPS) is 18.4. The van der Waals surface area contributed by atoms with E-state index in [4.69, 9.17) is 4.74 Å². The van der Waals surface area contributed by atoms with E-state index in [1.54, 1.807) is 4.90 Å². The molecule has 0 unspecified atom stereocenters. The fourth-order valence-corrected chi connectivity index (χ4v) is 2.77. The van der Waals surface area contributed by atoms with Crippen molar-refractivity contribution in [1.82, 2.24) is 14.9 Å². The molecular weight excluding hydrogens is 292 g/mol. The van der Waals surface area contributed by atoms with Gasteiger partial charge in [-0.15, -0.1) is 0 Å². The molecule has 1 aromatic carbocycles. The molecule has 0 spiro atoms. The number of amides is 1. The lowest BCUT2D eigenvalue weighted by Crippen LogP contribution is -2.35. The number of para-hydroxylation sites is 2. The molecule has 1 atom stereocenters. The molecule has 0 saturated carbocycles. The average molecular weight is 316 g/mol. The van der Waals surface area contributed by atoms with Gasteiger partial charge in [-0.05, 0) is 45.2 Å². The van der Waals surface area contributed by atoms with Crippen LogP contribution in [0.1, 0.15) is 27.2 Å². The summed E-state index contributed by atoms with van der Waals surface area (Å²) in [5, 5.41) is 3.34. The van der Waals surface area contributed by atoms with Gasteiger partial charge in [-0.3, -0.25) is 0 Å². The summed E-state index contributed by atoms with van der Waals surface area (Å²) in [7, 11) is 0. The summed E-state index contributed by atoms with van der Waals surface area (Å²) in [6.07, 6.45) is 0.760. The highest BCUT2D eigenvalue weighted by Gasteiger charge is 2.29. The molecule has 1 aromatic heterocycles. The van der Waals surface area contributed by atoms with E-state index >= 15 is 0 Å². The van der Waals surface area contributed by atoms with Crippen molar-refractivity contribution in [2.24, 2.45) is 5.92 Å². The number of imidazole rings is 1. The Hall–Kier alpha value is -2.24. The zero-order valence-electron chi connectivity index (χ0n) is 13.9. The van der Waals surface area contributed by atoms with E-state index < -0.39 is 5.60 Å². The Balaban J connectivity index is 1.51. The Morgan fingerprint density at radius 3 is 2.96 bits per heavy atom. The minimum atomic E-state index is -0.443. The van der Waals surface area contributed by atoms with Gasteiger partial charge in [0.05, 0.1) is 11.0 Å². The van der Waals surface area contributed by atoms with Gasteiger partial charge in [0.2, 0.25) is 5.95 Å². The molecule has 0 bridgehead atoms. The highest BCUT2D eigenvalue weighted by atomic mass is 16.6. The summed E-state index contributed by atoms with van der Waals surface area (Å²) in [5.41, 5.74) is 1.54. The first-order chi connectivity index (χ1) is 10.9. The molecule has 124 valence electrons. The number of nitrogens with one attached hydrogen (secondary N) is 2. The van der Waals surface area contributed by atoms with Crippen molar-refractivity contribution < 1.29 is 9.53 Å². The molecule has 23 heavy (non-hydrogen) atoms. The van der Waals surface area contributed by atoms with Gasteiger partial charge in [0, 0.05) is 19.6 Å². The number of aromatic nitrogens is 2. The van der Waals surface area contributed by atoms with Crippen LogP contribution in [0.15, 0.2) is 24.3 Å². The lowest BCUT2D eigenvalue weighted by atomic mass is 10.1. The van der Waals surface area contributed by atoms with Crippen LogP contribution >= 0.6 is 0 Å². The van der Waals surface area contributed by atoms with Crippen LogP contribution in [-0.4, -0.2) is 46.2 Å². The molecule has 0 aliphatic carbocycles. The number of aromatic amines is 1. The number of carbonyl (C=O) groups excluding carboxylic acids is 1. The van der Waals surface area contributed by atoms with Gasteiger partial charge in [0.15, 0.2) is 0 Å². The second kappa shape index (κ2) is 6.10. The predicted octanol–water partition coefficient (Wildman–Crippen LogP) is 3.23. The van der Waals surface area contributed by atoms with Gasteiger partial charge in [-0.25, -0.2) is 9.78 Å². The number of H-pyrrole nitrogens is 1. The minimum absolute atomic E-state index is 0.219. The molecule has 1 aliphatic heterocycles. The van der Waals surface area contributed by atoms with E-state index in [1.807, 2.05) is 45.0 Å². The lowest BCUT2D eigenvalue weighted by Gasteiger charge is -2.24. The van der Waals surface area contributed by atoms with Crippen molar-refractivity contribution >= 4 is 23.1 Å². The van der Waals surface area contributed by atoms with Crippen LogP contribution in [-0.2, 0) is 4.74 Å². The molecule has 1 amide bonds. The first-order valence-electron chi connectivity index (χ1n) is 8.07. The highest BCUT2D eigenvalue weighted by molar-refractivity contribution is 5.77. The van der Waals surface area contributed by atoms with E-state index in [-0.39, 0.29) is 6.09 Å². The van der Waals surface area contributed by atoms with Gasteiger partial charge in [-0.2, -0.15) is 0 Å². The van der Waals surface area contributed by atoms with Gasteiger partial charge in [-0.1, -0.05) is 12.1 Å². The summed E-state index contributed by atoms with van der Waals surface area (Å²) in [5.74, 6) is 1.19. The van der Waals surface area contributed by atoms with Crippen LogP contribution in [0.5, 0.6) is 0 Å². The highest BCUT2D eigenvalue weighted by Crippen LogP contribution is 2.20. The van der Waals surface area contributed by atoms with Crippen LogP contribution in [0.2, 0.25) is 0 Å². The third-order valence-electron chi connectivity index (χ3n) is 3.89. The van der Waals surface area contributed by atoms with E-state index in [0.717, 1.165) is 43.0 Å². The molecule has 1 aliphatic rings. The number of ether oxygens (including phenoxy) is 1. The number of anilines is 1. The van der Waals surface area contributed by atoms with Gasteiger partial charge in [0.1, 0.15) is 5.60 Å². The van der Waals surface area contributed by atoms with Crippen molar-refractivity contribution in [2.45, 2.75) is 32.8 Å². The zero-order valence-corrected chi connectivity index (χ0v) is 13.9. The van der Waals surface area contributed by atoms with Crippen LogP contribution in [0.25, 0.3) is 11.0 Å². The summed E-state index contributed by atoms with van der Waals surface area (Å²) in [6, 6.07) is 7.95. The lowest BCUT2D eigenvalue weighted by molar-refractivity contribution is 0.0289. The van der Waals surface area contributed by atoms with Gasteiger partial charge < -0.3 is 19.9 Å². The van der Waals surface area contributed by atoms with Crippen molar-refractivity contribution in [3.63, 3.8) is 0 Å². The quantitative estimate of drug-likeness (QED) is 0.912. The van der Waals surface area contributed by atoms with Crippen molar-refractivity contribution in [2.75, 3.05) is 25.0 Å². The standard InChI is InChI=1S/C17H24N4O2/c1-17(2,3)23-16(22)21-9-8-12(11-21)10-18-15-19-13-6-4-5-7-14(13)20-15/h4-7,12H,8-11H2,1-3H3,(H2,18,19,20)/t12-/m1/s1. The number of benzene rings is 1. The number of carbonyl (C=O) groups is 1. The molecule has 2 heterocycles. The second-order valence-electron chi connectivity index (χ2n) is 7.06. The molecule has 2 N–H and O–H groups in total. The maximum atomic E-state index is 12.1. The number of nitrogens with zero attached hydrogens (tertiary/aromatic N) is 2. The number of likely N-dealkylation sites (tertiary alicyclic amines) is 1. The summed E-state index contributed by atoms with van der Waals surface area (Å²) in [6.45, 7) is 7.94. The molecule has 1 fully saturated rings. The van der Waals surface area contributed by atoms with Crippen LogP contribution < -0.4 is 5.32 Å². The number of rotatable bonds is 3. The van der Waals surface area contributed by atoms with Gasteiger partial charge >= 0.3 is 6.09 Å². The smallest absolute Gasteiger partial charge is 0.410 e. The maximum absolute atomic E-state index is 12.1. The topological polar surface area (TPSA) is 70.2 Å². The largest absolute Gasteiger partial charge is 0.444 e. The Morgan fingerprint density at radius 1 is 1.43 bits per heavy atom. The molecule has 2 aromatic rings. The maximum Gasteiger partial charge on any atom is 0.410 e. The SMILES string of the molecule is CC(C)(C)OC(=O)N1CC[C@H](CNc2nc3ccccc3[nH]2)C1. The Morgan fingerprint density at radius 2 is 2.22 bits per heavy atom. The summed E-state index contributed by atoms with van der Waals surface area (Å²) < 4.78 is 5.42. The van der Waals surface area contributed by atoms with E-state index in [1.165, 1.54) is 0 Å². The van der Waals surface area contributed by atoms with Crippen molar-refractivity contribution in [1.29, 1.82) is 0 Å². The van der Waals surface area contributed by atoms with Crippen molar-refractivity contribution in [3.05, 3.63) is 24.3 Å². The number of hydrogen-bond donors (Lipinski definition) is 2. The third-order valence-corrected chi connectivity index (χ3v) is 3.89. The van der Waals surface area contributed by atoms with Crippen LogP contribution in [0.3, 0.4) is 0 Å². The van der Waals surface area contributed by atoms with E-state index in [0.29, 0.717) is 5.92 Å². The molecule has 3 rings (SSSR count). The molecule has 0 radical (unpaired) electrons. The molecule has 6 nitrogen and oxygen atoms in total. The summed E-state index contributed by atoms with van der Waals surface area (Å²) in [4.78, 5) is 21.6. The van der Waals surface area contributed by atoms with Crippen molar-refractivity contribution in [3.8, 4) is 0 Å². The zero-order chi connectivity index (χ0) is 16.4. The Bertz CT molecular complexity index is 656. The first-order valence-corrected chi connectivity index (χ1v) is 8.07. The number of hydrogen-bond acceptors (Lipinski definition) is 4. The molecule has 1 saturated heterocycles. The second-order valence-corrected chi connectivity index (χ2v) is 7.06.